The quantitative estimate of drug-likeness (QED) is 0.644. The number of aryl methyl sites for hydroxylation is 1. The van der Waals surface area contributed by atoms with Gasteiger partial charge < -0.3 is 14.1 Å². The Kier molecular flexibility index (Phi) is 5.47. The van der Waals surface area contributed by atoms with E-state index in [9.17, 15) is 9.59 Å². The molecule has 5 nitrogen and oxygen atoms in total. The highest BCUT2D eigenvalue weighted by molar-refractivity contribution is 5.78. The van der Waals surface area contributed by atoms with Gasteiger partial charge in [0.05, 0.1) is 19.2 Å². The van der Waals surface area contributed by atoms with Gasteiger partial charge in [-0.3, -0.25) is 4.79 Å². The van der Waals surface area contributed by atoms with Crippen LogP contribution < -0.4 is 10.4 Å². The van der Waals surface area contributed by atoms with Crippen LogP contribution in [0.4, 0.5) is 0 Å². The predicted octanol–water partition coefficient (Wildman–Crippen LogP) is 3.76. The average molecular weight is 389 g/mol. The van der Waals surface area contributed by atoms with Gasteiger partial charge in [0.25, 0.3) is 0 Å². The molecule has 2 heterocycles. The fourth-order valence-electron chi connectivity index (χ4n) is 3.66. The summed E-state index contributed by atoms with van der Waals surface area (Å²) in [5, 5.41) is 0. The zero-order valence-electron chi connectivity index (χ0n) is 16.3. The van der Waals surface area contributed by atoms with Crippen LogP contribution in [-0.4, -0.2) is 30.0 Å². The lowest BCUT2D eigenvalue weighted by atomic mass is 9.88. The third kappa shape index (κ3) is 4.57. The van der Waals surface area contributed by atoms with Gasteiger partial charge in [-0.1, -0.05) is 60.7 Å². The van der Waals surface area contributed by atoms with E-state index in [4.69, 9.17) is 9.15 Å². The first-order valence-corrected chi connectivity index (χ1v) is 9.74. The second-order valence-electron chi connectivity index (χ2n) is 7.34. The first-order valence-electron chi connectivity index (χ1n) is 9.74. The molecular formula is C24H23NO4. The number of nitrogens with zero attached hydrogens (tertiary/aromatic N) is 1. The Labute approximate surface area is 169 Å². The summed E-state index contributed by atoms with van der Waals surface area (Å²) in [5.74, 6) is 1.12. The Hall–Kier alpha value is -3.34. The van der Waals surface area contributed by atoms with E-state index in [1.165, 1.54) is 6.07 Å². The highest BCUT2D eigenvalue weighted by atomic mass is 16.5. The van der Waals surface area contributed by atoms with Crippen molar-refractivity contribution in [2.24, 2.45) is 0 Å². The number of hydrogen-bond donors (Lipinski definition) is 0. The van der Waals surface area contributed by atoms with Crippen molar-refractivity contribution in [1.82, 2.24) is 4.90 Å². The van der Waals surface area contributed by atoms with Gasteiger partial charge in [-0.25, -0.2) is 4.79 Å². The Morgan fingerprint density at radius 2 is 1.62 bits per heavy atom. The number of ether oxygens (including phenoxy) is 1. The lowest BCUT2D eigenvalue weighted by Crippen LogP contribution is -2.56. The molecule has 1 aliphatic rings. The maximum Gasteiger partial charge on any atom is 0.339 e. The summed E-state index contributed by atoms with van der Waals surface area (Å²) in [6.07, 6.45) is 0.307. The number of benzene rings is 2. The molecule has 0 unspecified atom stereocenters. The molecule has 0 N–H and O–H groups in total. The van der Waals surface area contributed by atoms with E-state index in [0.29, 0.717) is 31.0 Å². The minimum absolute atomic E-state index is 0.0197. The van der Waals surface area contributed by atoms with Crippen molar-refractivity contribution in [2.45, 2.75) is 25.4 Å². The topological polar surface area (TPSA) is 59.8 Å². The van der Waals surface area contributed by atoms with Gasteiger partial charge in [0.1, 0.15) is 17.6 Å². The van der Waals surface area contributed by atoms with Crippen LogP contribution in [0.25, 0.3) is 0 Å². The van der Waals surface area contributed by atoms with E-state index >= 15 is 0 Å². The minimum Gasteiger partial charge on any atom is -0.486 e. The van der Waals surface area contributed by atoms with Gasteiger partial charge in [0.2, 0.25) is 5.91 Å². The minimum atomic E-state index is -0.430. The van der Waals surface area contributed by atoms with Gasteiger partial charge in [-0.2, -0.15) is 0 Å². The first-order chi connectivity index (χ1) is 14.1. The number of carbonyl (C=O) groups excluding carboxylic acids is 1. The van der Waals surface area contributed by atoms with E-state index in [-0.39, 0.29) is 17.9 Å². The Balaban J connectivity index is 1.40. The molecule has 3 aromatic rings. The third-order valence-electron chi connectivity index (χ3n) is 5.15. The highest BCUT2D eigenvalue weighted by Crippen LogP contribution is 2.29. The maximum absolute atomic E-state index is 12.9. The maximum atomic E-state index is 12.9. The van der Waals surface area contributed by atoms with Gasteiger partial charge in [0, 0.05) is 18.4 Å². The molecule has 0 radical (unpaired) electrons. The van der Waals surface area contributed by atoms with Crippen LogP contribution in [0, 0.1) is 6.92 Å². The zero-order valence-corrected chi connectivity index (χ0v) is 16.3. The lowest BCUT2D eigenvalue weighted by molar-refractivity contribution is -0.140. The average Bonchev–Trinajstić information content (AvgIpc) is 2.69. The molecule has 1 aliphatic heterocycles. The summed E-state index contributed by atoms with van der Waals surface area (Å²) in [6, 6.07) is 23.3. The molecule has 1 saturated heterocycles. The Bertz CT molecular complexity index is 984. The van der Waals surface area contributed by atoms with Crippen LogP contribution in [0.5, 0.6) is 5.75 Å². The largest absolute Gasteiger partial charge is 0.486 e. The van der Waals surface area contributed by atoms with E-state index in [2.05, 4.69) is 24.3 Å². The third-order valence-corrected chi connectivity index (χ3v) is 5.15. The summed E-state index contributed by atoms with van der Waals surface area (Å²) >= 11 is 0. The van der Waals surface area contributed by atoms with E-state index in [0.717, 1.165) is 11.1 Å². The molecule has 1 aromatic heterocycles. The molecule has 1 fully saturated rings. The number of hydrogen-bond acceptors (Lipinski definition) is 4. The molecule has 0 atom stereocenters. The SMILES string of the molecule is Cc1cc(OC2CN(C(=O)CC(c3ccccc3)c3ccccc3)C2)cc(=O)o1. The number of rotatable bonds is 6. The van der Waals surface area contributed by atoms with Crippen LogP contribution in [0.3, 0.4) is 0 Å². The monoisotopic (exact) mass is 389 g/mol. The van der Waals surface area contributed by atoms with Crippen molar-refractivity contribution in [3.05, 3.63) is 100 Å². The smallest absolute Gasteiger partial charge is 0.339 e. The van der Waals surface area contributed by atoms with Crippen molar-refractivity contribution in [1.29, 1.82) is 0 Å². The van der Waals surface area contributed by atoms with E-state index < -0.39 is 5.63 Å². The molecule has 0 spiro atoms. The number of amides is 1. The first kappa shape index (κ1) is 19.0. The number of likely N-dealkylation sites (tertiary alicyclic amines) is 1. The molecule has 5 heteroatoms. The molecular weight excluding hydrogens is 366 g/mol. The highest BCUT2D eigenvalue weighted by Gasteiger charge is 2.33. The summed E-state index contributed by atoms with van der Waals surface area (Å²) in [7, 11) is 0. The van der Waals surface area contributed by atoms with Crippen LogP contribution in [0.2, 0.25) is 0 Å². The molecule has 2 aromatic carbocycles. The second-order valence-corrected chi connectivity index (χ2v) is 7.34. The summed E-state index contributed by atoms with van der Waals surface area (Å²) in [4.78, 5) is 26.2. The fourth-order valence-corrected chi connectivity index (χ4v) is 3.66. The second kappa shape index (κ2) is 8.35. The normalized spacial score (nSPS) is 13.9. The van der Waals surface area contributed by atoms with Crippen molar-refractivity contribution >= 4 is 5.91 Å². The van der Waals surface area contributed by atoms with Gasteiger partial charge in [-0.05, 0) is 18.1 Å². The van der Waals surface area contributed by atoms with Crippen molar-refractivity contribution in [3.8, 4) is 5.75 Å². The summed E-state index contributed by atoms with van der Waals surface area (Å²) < 4.78 is 10.8. The predicted molar refractivity (Wildman–Crippen MR) is 110 cm³/mol. The molecule has 0 bridgehead atoms. The fraction of sp³-hybridized carbons (Fsp3) is 0.250. The molecule has 1 amide bonds. The lowest BCUT2D eigenvalue weighted by Gasteiger charge is -2.39. The molecule has 0 aliphatic carbocycles. The molecule has 148 valence electrons. The van der Waals surface area contributed by atoms with Crippen molar-refractivity contribution < 1.29 is 13.9 Å². The van der Waals surface area contributed by atoms with Gasteiger partial charge in [-0.15, -0.1) is 0 Å². The van der Waals surface area contributed by atoms with Crippen LogP contribution in [-0.2, 0) is 4.79 Å². The van der Waals surface area contributed by atoms with Crippen LogP contribution >= 0.6 is 0 Å². The number of carbonyl (C=O) groups is 1. The zero-order chi connectivity index (χ0) is 20.2. The van der Waals surface area contributed by atoms with Crippen LogP contribution in [0.1, 0.15) is 29.2 Å². The van der Waals surface area contributed by atoms with Crippen LogP contribution in [0.15, 0.2) is 82.0 Å². The summed E-state index contributed by atoms with van der Waals surface area (Å²) in [6.45, 7) is 2.75. The van der Waals surface area contributed by atoms with Crippen molar-refractivity contribution in [3.63, 3.8) is 0 Å². The van der Waals surface area contributed by atoms with Gasteiger partial charge in [0.15, 0.2) is 0 Å². The van der Waals surface area contributed by atoms with Crippen molar-refractivity contribution in [2.75, 3.05) is 13.1 Å². The summed E-state index contributed by atoms with van der Waals surface area (Å²) in [5.41, 5.74) is 1.83. The van der Waals surface area contributed by atoms with E-state index in [1.54, 1.807) is 13.0 Å². The molecule has 4 rings (SSSR count). The Morgan fingerprint density at radius 1 is 1.03 bits per heavy atom. The molecule has 29 heavy (non-hydrogen) atoms. The standard InChI is InChI=1S/C24H23NO4/c1-17-12-20(13-24(27)28-17)29-21-15-25(16-21)23(26)14-22(18-8-4-2-5-9-18)19-10-6-3-7-11-19/h2-13,21-22H,14-16H2,1H3. The molecule has 0 saturated carbocycles. The Morgan fingerprint density at radius 3 is 2.17 bits per heavy atom. The van der Waals surface area contributed by atoms with Gasteiger partial charge >= 0.3 is 5.63 Å². The van der Waals surface area contributed by atoms with E-state index in [1.807, 2.05) is 41.3 Å².